The SMILES string of the molecule is Cc1cc([C@@H]2CC3=CN(C(=O)c4ccc5ncsc5c4)[C@@H]2C3)n2ncnc2n1. The molecule has 6 rings (SSSR count). The summed E-state index contributed by atoms with van der Waals surface area (Å²) in [7, 11) is 0. The van der Waals surface area contributed by atoms with Gasteiger partial charge in [0.2, 0.25) is 0 Å². The van der Waals surface area contributed by atoms with Crippen LogP contribution in [-0.2, 0) is 0 Å². The number of carbonyl (C=O) groups is 1. The number of aromatic nitrogens is 5. The molecular weight excluding hydrogens is 372 g/mol. The van der Waals surface area contributed by atoms with E-state index in [0.717, 1.165) is 34.4 Å². The highest BCUT2D eigenvalue weighted by molar-refractivity contribution is 7.16. The number of thiazole rings is 1. The van der Waals surface area contributed by atoms with E-state index < -0.39 is 0 Å². The van der Waals surface area contributed by atoms with Crippen LogP contribution in [0.1, 0.15) is 40.5 Å². The van der Waals surface area contributed by atoms with Crippen LogP contribution >= 0.6 is 11.3 Å². The van der Waals surface area contributed by atoms with Gasteiger partial charge in [0.05, 0.1) is 21.4 Å². The van der Waals surface area contributed by atoms with Crippen molar-refractivity contribution in [1.29, 1.82) is 0 Å². The maximum absolute atomic E-state index is 13.3. The smallest absolute Gasteiger partial charge is 0.258 e. The van der Waals surface area contributed by atoms with Crippen LogP contribution in [0, 0.1) is 6.92 Å². The van der Waals surface area contributed by atoms with Crippen LogP contribution in [-0.4, -0.2) is 41.4 Å². The van der Waals surface area contributed by atoms with Gasteiger partial charge in [-0.3, -0.25) is 4.79 Å². The zero-order chi connectivity index (χ0) is 18.8. The van der Waals surface area contributed by atoms with Crippen LogP contribution in [0.2, 0.25) is 0 Å². The van der Waals surface area contributed by atoms with Crippen molar-refractivity contribution in [1.82, 2.24) is 29.5 Å². The molecule has 1 aromatic carbocycles. The summed E-state index contributed by atoms with van der Waals surface area (Å²) in [6.07, 6.45) is 5.43. The summed E-state index contributed by atoms with van der Waals surface area (Å²) in [5, 5.41) is 4.36. The van der Waals surface area contributed by atoms with E-state index in [0.29, 0.717) is 11.3 Å². The molecule has 1 fully saturated rings. The Hall–Kier alpha value is -3.13. The van der Waals surface area contributed by atoms with Crippen molar-refractivity contribution in [2.24, 2.45) is 0 Å². The standard InChI is InChI=1S/C20H16N6OS/c1-11-4-17(26-20(24-11)21-9-23-26)14-5-12-6-16(14)25(8-12)19(27)13-2-3-15-18(7-13)28-10-22-15/h2-4,7-10,14,16H,5-6H2,1H3/t14-,16-/m1/s1. The average molecular weight is 388 g/mol. The summed E-state index contributed by atoms with van der Waals surface area (Å²) >= 11 is 1.56. The van der Waals surface area contributed by atoms with Gasteiger partial charge in [-0.2, -0.15) is 10.1 Å². The number of fused-ring (bicyclic) bond motifs is 4. The Balaban J connectivity index is 1.38. The van der Waals surface area contributed by atoms with Gasteiger partial charge in [0.25, 0.3) is 11.7 Å². The number of nitrogens with zero attached hydrogens (tertiary/aromatic N) is 6. The zero-order valence-corrected chi connectivity index (χ0v) is 15.9. The van der Waals surface area contributed by atoms with Crippen molar-refractivity contribution in [3.8, 4) is 0 Å². The summed E-state index contributed by atoms with van der Waals surface area (Å²) in [4.78, 5) is 28.2. The minimum atomic E-state index is 0.0422. The monoisotopic (exact) mass is 388 g/mol. The predicted octanol–water partition coefficient (Wildman–Crippen LogP) is 3.33. The molecule has 0 unspecified atom stereocenters. The van der Waals surface area contributed by atoms with Crippen LogP contribution < -0.4 is 0 Å². The van der Waals surface area contributed by atoms with Gasteiger partial charge in [-0.25, -0.2) is 14.5 Å². The second kappa shape index (κ2) is 5.68. The molecular formula is C20H16N6OS. The van der Waals surface area contributed by atoms with Crippen LogP contribution in [0.3, 0.4) is 0 Å². The molecule has 0 saturated heterocycles. The summed E-state index contributed by atoms with van der Waals surface area (Å²) in [5.41, 5.74) is 6.75. The molecule has 4 heterocycles. The maximum atomic E-state index is 13.3. The molecule has 1 aliphatic heterocycles. The number of hydrogen-bond donors (Lipinski definition) is 0. The molecule has 4 aromatic rings. The van der Waals surface area contributed by atoms with Crippen molar-refractivity contribution >= 4 is 33.2 Å². The van der Waals surface area contributed by atoms with Gasteiger partial charge < -0.3 is 4.90 Å². The van der Waals surface area contributed by atoms with Gasteiger partial charge in [0, 0.05) is 29.4 Å². The quantitative estimate of drug-likeness (QED) is 0.526. The molecule has 1 saturated carbocycles. The van der Waals surface area contributed by atoms with E-state index >= 15 is 0 Å². The lowest BCUT2D eigenvalue weighted by Crippen LogP contribution is -2.37. The van der Waals surface area contributed by atoms with E-state index in [-0.39, 0.29) is 17.9 Å². The van der Waals surface area contributed by atoms with E-state index in [2.05, 4.69) is 26.1 Å². The first-order chi connectivity index (χ1) is 13.7. The maximum Gasteiger partial charge on any atom is 0.258 e. The largest absolute Gasteiger partial charge is 0.311 e. The Kier molecular flexibility index (Phi) is 3.22. The summed E-state index contributed by atoms with van der Waals surface area (Å²) in [6.45, 7) is 1.97. The van der Waals surface area contributed by atoms with E-state index in [4.69, 9.17) is 0 Å². The first-order valence-corrected chi connectivity index (χ1v) is 10.1. The van der Waals surface area contributed by atoms with E-state index in [1.165, 1.54) is 11.9 Å². The minimum Gasteiger partial charge on any atom is -0.311 e. The molecule has 2 atom stereocenters. The van der Waals surface area contributed by atoms with E-state index in [9.17, 15) is 4.79 Å². The highest BCUT2D eigenvalue weighted by Crippen LogP contribution is 2.46. The lowest BCUT2D eigenvalue weighted by molar-refractivity contribution is 0.0767. The Morgan fingerprint density at radius 3 is 3.04 bits per heavy atom. The number of rotatable bonds is 2. The number of carbonyl (C=O) groups excluding carboxylic acids is 1. The normalized spacial score (nSPS) is 21.0. The topological polar surface area (TPSA) is 76.3 Å². The molecule has 8 heteroatoms. The van der Waals surface area contributed by atoms with Crippen molar-refractivity contribution in [2.75, 3.05) is 0 Å². The van der Waals surface area contributed by atoms with E-state index in [1.807, 2.05) is 46.2 Å². The van der Waals surface area contributed by atoms with Gasteiger partial charge in [0.1, 0.15) is 6.33 Å². The fourth-order valence-corrected chi connectivity index (χ4v) is 5.19. The lowest BCUT2D eigenvalue weighted by Gasteiger charge is -2.30. The summed E-state index contributed by atoms with van der Waals surface area (Å²) in [6, 6.07) is 7.91. The Morgan fingerprint density at radius 2 is 2.14 bits per heavy atom. The van der Waals surface area contributed by atoms with Crippen LogP contribution in [0.4, 0.5) is 0 Å². The number of hydrogen-bond acceptors (Lipinski definition) is 6. The third-order valence-electron chi connectivity index (χ3n) is 5.70. The van der Waals surface area contributed by atoms with Crippen molar-refractivity contribution in [2.45, 2.75) is 31.7 Å². The first-order valence-electron chi connectivity index (χ1n) is 9.20. The molecule has 0 radical (unpaired) electrons. The lowest BCUT2D eigenvalue weighted by atomic mass is 9.95. The van der Waals surface area contributed by atoms with Gasteiger partial charge in [-0.05, 0) is 44.0 Å². The highest BCUT2D eigenvalue weighted by Gasteiger charge is 2.43. The fraction of sp³-hybridized carbons (Fsp3) is 0.250. The molecule has 28 heavy (non-hydrogen) atoms. The molecule has 1 amide bonds. The molecule has 0 N–H and O–H groups in total. The molecule has 0 spiro atoms. The van der Waals surface area contributed by atoms with Gasteiger partial charge in [0.15, 0.2) is 0 Å². The molecule has 1 aliphatic carbocycles. The Morgan fingerprint density at radius 1 is 1.21 bits per heavy atom. The summed E-state index contributed by atoms with van der Waals surface area (Å²) < 4.78 is 2.85. The zero-order valence-electron chi connectivity index (χ0n) is 15.1. The molecule has 3 aromatic heterocycles. The van der Waals surface area contributed by atoms with Crippen molar-refractivity contribution < 1.29 is 4.79 Å². The minimum absolute atomic E-state index is 0.0422. The number of aryl methyl sites for hydroxylation is 1. The molecule has 2 bridgehead atoms. The first kappa shape index (κ1) is 15.9. The molecule has 138 valence electrons. The highest BCUT2D eigenvalue weighted by atomic mass is 32.1. The molecule has 2 aliphatic rings. The molecule has 7 nitrogen and oxygen atoms in total. The van der Waals surface area contributed by atoms with Crippen LogP contribution in [0.5, 0.6) is 0 Å². The summed E-state index contributed by atoms with van der Waals surface area (Å²) in [5.74, 6) is 0.850. The average Bonchev–Trinajstić information content (AvgIpc) is 3.48. The van der Waals surface area contributed by atoms with Crippen LogP contribution in [0.25, 0.3) is 16.0 Å². The van der Waals surface area contributed by atoms with Gasteiger partial charge in [-0.15, -0.1) is 11.3 Å². The number of amides is 1. The van der Waals surface area contributed by atoms with E-state index in [1.54, 1.807) is 11.3 Å². The van der Waals surface area contributed by atoms with Gasteiger partial charge >= 0.3 is 0 Å². The van der Waals surface area contributed by atoms with Gasteiger partial charge in [-0.1, -0.05) is 5.57 Å². The van der Waals surface area contributed by atoms with Crippen LogP contribution in [0.15, 0.2) is 47.9 Å². The third kappa shape index (κ3) is 2.24. The Bertz CT molecular complexity index is 1290. The fourth-order valence-electron chi connectivity index (χ4n) is 4.47. The third-order valence-corrected chi connectivity index (χ3v) is 6.49. The second-order valence-electron chi connectivity index (χ2n) is 7.41. The van der Waals surface area contributed by atoms with Crippen molar-refractivity contribution in [3.63, 3.8) is 0 Å². The second-order valence-corrected chi connectivity index (χ2v) is 8.30. The van der Waals surface area contributed by atoms with Crippen molar-refractivity contribution in [3.05, 3.63) is 64.8 Å². The number of benzene rings is 1. The Labute approximate surface area is 164 Å². The predicted molar refractivity (Wildman–Crippen MR) is 105 cm³/mol.